The molecule has 0 spiro atoms. The molecule has 1 heteroatoms. The summed E-state index contributed by atoms with van der Waals surface area (Å²) < 4.78 is 0. The lowest BCUT2D eigenvalue weighted by Crippen LogP contribution is -2.21. The van der Waals surface area contributed by atoms with Crippen molar-refractivity contribution in [3.8, 4) is 0 Å². The molecule has 0 unspecified atom stereocenters. The molecule has 0 radical (unpaired) electrons. The highest BCUT2D eigenvalue weighted by molar-refractivity contribution is 5.03. The first kappa shape index (κ1) is 11.4. The van der Waals surface area contributed by atoms with Gasteiger partial charge in [0.1, 0.15) is 0 Å². The van der Waals surface area contributed by atoms with Gasteiger partial charge in [0, 0.05) is 5.92 Å². The van der Waals surface area contributed by atoms with Crippen molar-refractivity contribution in [3.63, 3.8) is 0 Å². The summed E-state index contributed by atoms with van der Waals surface area (Å²) in [5.41, 5.74) is 0. The van der Waals surface area contributed by atoms with Crippen LogP contribution in [0.25, 0.3) is 0 Å². The monoisotopic (exact) mass is 168 g/mol. The van der Waals surface area contributed by atoms with Gasteiger partial charge in [-0.3, -0.25) is 0 Å². The minimum absolute atomic E-state index is 0.230. The van der Waals surface area contributed by atoms with Crippen LogP contribution in [0.5, 0.6) is 0 Å². The summed E-state index contributed by atoms with van der Waals surface area (Å²) in [7, 11) is 0. The van der Waals surface area contributed by atoms with Gasteiger partial charge in [-0.25, -0.2) is 0 Å². The van der Waals surface area contributed by atoms with E-state index in [1.54, 1.807) is 0 Å². The number of hydrogen-bond acceptors (Lipinski definition) is 1. The van der Waals surface area contributed by atoms with Crippen LogP contribution < -0.4 is 0 Å². The fraction of sp³-hybridized carbons (Fsp3) is 0.636. The van der Waals surface area contributed by atoms with E-state index in [2.05, 4.69) is 0 Å². The molecular formula is C11H20O. The molecule has 0 fully saturated rings. The van der Waals surface area contributed by atoms with E-state index < -0.39 is 0 Å². The quantitative estimate of drug-likeness (QED) is 0.640. The smallest absolute Gasteiger partial charge is 0.0623 e. The summed E-state index contributed by atoms with van der Waals surface area (Å²) >= 11 is 0. The van der Waals surface area contributed by atoms with Crippen LogP contribution in [0.4, 0.5) is 0 Å². The topological polar surface area (TPSA) is 20.2 Å². The number of hydrogen-bond donors (Lipinski definition) is 1. The highest BCUT2D eigenvalue weighted by Gasteiger charge is 2.14. The van der Waals surface area contributed by atoms with E-state index in [4.69, 9.17) is 0 Å². The van der Waals surface area contributed by atoms with Crippen molar-refractivity contribution in [2.24, 2.45) is 11.8 Å². The Balaban J connectivity index is 3.93. The standard InChI is InChI=1S/C11H20O/c1-5-6-7-8-10(4)11(12)9(2)3/h5-12H,1-4H3/t10-,11+/m1/s1. The van der Waals surface area contributed by atoms with Crippen molar-refractivity contribution in [2.45, 2.75) is 33.8 Å². The molecule has 0 saturated carbocycles. The van der Waals surface area contributed by atoms with Crippen LogP contribution in [0, 0.1) is 11.8 Å². The number of aliphatic hydroxyl groups is 1. The number of aliphatic hydroxyl groups excluding tert-OH is 1. The Hall–Kier alpha value is -0.560. The van der Waals surface area contributed by atoms with Crippen LogP contribution in [-0.2, 0) is 0 Å². The van der Waals surface area contributed by atoms with Crippen molar-refractivity contribution in [1.82, 2.24) is 0 Å². The Bertz CT molecular complexity index is 156. The van der Waals surface area contributed by atoms with Gasteiger partial charge in [-0.05, 0) is 12.8 Å². The largest absolute Gasteiger partial charge is 0.392 e. The fourth-order valence-electron chi connectivity index (χ4n) is 1.07. The molecule has 0 aromatic heterocycles. The van der Waals surface area contributed by atoms with Gasteiger partial charge in [0.2, 0.25) is 0 Å². The molecule has 0 saturated heterocycles. The van der Waals surface area contributed by atoms with Crippen LogP contribution >= 0.6 is 0 Å². The van der Waals surface area contributed by atoms with Crippen molar-refractivity contribution < 1.29 is 5.11 Å². The zero-order valence-corrected chi connectivity index (χ0v) is 8.49. The minimum Gasteiger partial charge on any atom is -0.392 e. The molecule has 0 aliphatic heterocycles. The Morgan fingerprint density at radius 3 is 2.08 bits per heavy atom. The molecule has 0 aliphatic rings. The molecule has 12 heavy (non-hydrogen) atoms. The Morgan fingerprint density at radius 1 is 1.08 bits per heavy atom. The zero-order chi connectivity index (χ0) is 9.56. The Kier molecular flexibility index (Phi) is 5.73. The molecule has 0 aromatic rings. The van der Waals surface area contributed by atoms with Crippen molar-refractivity contribution in [2.75, 3.05) is 0 Å². The first-order chi connectivity index (χ1) is 5.59. The summed E-state index contributed by atoms with van der Waals surface area (Å²) in [6, 6.07) is 0. The van der Waals surface area contributed by atoms with E-state index in [1.807, 2.05) is 52.0 Å². The SMILES string of the molecule is CC=CC=C[C@@H](C)[C@@H](O)C(C)C. The van der Waals surface area contributed by atoms with E-state index in [-0.39, 0.29) is 12.0 Å². The van der Waals surface area contributed by atoms with Gasteiger partial charge in [0.25, 0.3) is 0 Å². The van der Waals surface area contributed by atoms with E-state index in [1.165, 1.54) is 0 Å². The molecule has 0 heterocycles. The van der Waals surface area contributed by atoms with E-state index >= 15 is 0 Å². The van der Waals surface area contributed by atoms with E-state index in [0.29, 0.717) is 5.92 Å². The maximum absolute atomic E-state index is 9.62. The third-order valence-corrected chi connectivity index (χ3v) is 1.94. The summed E-state index contributed by atoms with van der Waals surface area (Å²) in [5.74, 6) is 0.566. The third kappa shape index (κ3) is 4.35. The molecule has 70 valence electrons. The molecule has 0 aromatic carbocycles. The van der Waals surface area contributed by atoms with Crippen molar-refractivity contribution >= 4 is 0 Å². The summed E-state index contributed by atoms with van der Waals surface area (Å²) in [6.07, 6.45) is 7.74. The Morgan fingerprint density at radius 2 is 1.67 bits per heavy atom. The van der Waals surface area contributed by atoms with Gasteiger partial charge < -0.3 is 5.11 Å². The van der Waals surface area contributed by atoms with Gasteiger partial charge in [-0.15, -0.1) is 0 Å². The van der Waals surface area contributed by atoms with E-state index in [9.17, 15) is 5.11 Å². The summed E-state index contributed by atoms with van der Waals surface area (Å²) in [6.45, 7) is 8.08. The van der Waals surface area contributed by atoms with Crippen LogP contribution in [0.3, 0.4) is 0 Å². The summed E-state index contributed by atoms with van der Waals surface area (Å²) in [4.78, 5) is 0. The third-order valence-electron chi connectivity index (χ3n) is 1.94. The van der Waals surface area contributed by atoms with Crippen LogP contribution in [0.1, 0.15) is 27.7 Å². The lowest BCUT2D eigenvalue weighted by Gasteiger charge is -2.18. The normalized spacial score (nSPS) is 17.8. The zero-order valence-electron chi connectivity index (χ0n) is 8.49. The number of allylic oxidation sites excluding steroid dienone is 3. The van der Waals surface area contributed by atoms with Crippen LogP contribution in [0.2, 0.25) is 0 Å². The average molecular weight is 168 g/mol. The summed E-state index contributed by atoms with van der Waals surface area (Å²) in [5, 5.41) is 9.62. The number of rotatable bonds is 4. The second-order valence-corrected chi connectivity index (χ2v) is 3.50. The second kappa shape index (κ2) is 6.01. The molecule has 0 rings (SSSR count). The Labute approximate surface area is 75.8 Å². The molecule has 0 amide bonds. The van der Waals surface area contributed by atoms with Gasteiger partial charge >= 0.3 is 0 Å². The minimum atomic E-state index is -0.230. The fourth-order valence-corrected chi connectivity index (χ4v) is 1.07. The first-order valence-corrected chi connectivity index (χ1v) is 4.57. The van der Waals surface area contributed by atoms with Gasteiger partial charge in [0.15, 0.2) is 0 Å². The molecule has 0 aliphatic carbocycles. The van der Waals surface area contributed by atoms with Crippen molar-refractivity contribution in [3.05, 3.63) is 24.3 Å². The highest BCUT2D eigenvalue weighted by atomic mass is 16.3. The molecule has 1 nitrogen and oxygen atoms in total. The maximum Gasteiger partial charge on any atom is 0.0623 e. The molecular weight excluding hydrogens is 148 g/mol. The molecule has 0 bridgehead atoms. The van der Waals surface area contributed by atoms with Crippen molar-refractivity contribution in [1.29, 1.82) is 0 Å². The molecule has 1 N–H and O–H groups in total. The maximum atomic E-state index is 9.62. The lowest BCUT2D eigenvalue weighted by molar-refractivity contribution is 0.0911. The second-order valence-electron chi connectivity index (χ2n) is 3.50. The van der Waals surface area contributed by atoms with E-state index in [0.717, 1.165) is 0 Å². The predicted octanol–water partition coefficient (Wildman–Crippen LogP) is 2.77. The van der Waals surface area contributed by atoms with Gasteiger partial charge in [0.05, 0.1) is 6.10 Å². The lowest BCUT2D eigenvalue weighted by atomic mass is 9.94. The van der Waals surface area contributed by atoms with Gasteiger partial charge in [-0.1, -0.05) is 45.1 Å². The van der Waals surface area contributed by atoms with Gasteiger partial charge in [-0.2, -0.15) is 0 Å². The molecule has 2 atom stereocenters. The van der Waals surface area contributed by atoms with Crippen LogP contribution in [0.15, 0.2) is 24.3 Å². The predicted molar refractivity (Wildman–Crippen MR) is 54.0 cm³/mol. The average Bonchev–Trinajstić information content (AvgIpc) is 2.03. The van der Waals surface area contributed by atoms with Crippen LogP contribution in [-0.4, -0.2) is 11.2 Å². The highest BCUT2D eigenvalue weighted by Crippen LogP contribution is 2.13. The first-order valence-electron chi connectivity index (χ1n) is 4.57.